The molecule has 2 aromatic heterocycles. The second-order valence-corrected chi connectivity index (χ2v) is 2.76. The van der Waals surface area contributed by atoms with Crippen molar-refractivity contribution in [2.75, 3.05) is 0 Å². The van der Waals surface area contributed by atoms with Gasteiger partial charge in [-0.05, 0) is 6.07 Å². The van der Waals surface area contributed by atoms with Gasteiger partial charge >= 0.3 is 0 Å². The molecule has 1 N–H and O–H groups in total. The van der Waals surface area contributed by atoms with E-state index >= 15 is 0 Å². The molecule has 2 heterocycles. The molecular formula is C7H4ClFN2O. The van der Waals surface area contributed by atoms with E-state index in [1.54, 1.807) is 0 Å². The quantitative estimate of drug-likeness (QED) is 0.493. The predicted molar refractivity (Wildman–Crippen MR) is 42.2 cm³/mol. The summed E-state index contributed by atoms with van der Waals surface area (Å²) in [6.07, 6.45) is 2.47. The van der Waals surface area contributed by atoms with Gasteiger partial charge in [-0.15, -0.1) is 0 Å². The molecule has 0 amide bonds. The number of rotatable bonds is 0. The van der Waals surface area contributed by atoms with E-state index in [1.807, 2.05) is 0 Å². The minimum atomic E-state index is -0.569. The first-order valence-electron chi connectivity index (χ1n) is 3.24. The molecule has 0 radical (unpaired) electrons. The average Bonchev–Trinajstić information content (AvgIpc) is 2.48. The Hall–Kier alpha value is -1.29. The van der Waals surface area contributed by atoms with E-state index < -0.39 is 5.82 Å². The number of H-pyrrole nitrogens is 1. The van der Waals surface area contributed by atoms with Crippen LogP contribution in [0.15, 0.2) is 18.5 Å². The Balaban J connectivity index is 2.97. The highest BCUT2D eigenvalue weighted by Gasteiger charge is 2.12. The molecule has 12 heavy (non-hydrogen) atoms. The number of nitrogens with zero attached hydrogens (tertiary/aromatic N) is 1. The molecule has 0 unspecified atom stereocenters. The lowest BCUT2D eigenvalue weighted by Crippen LogP contribution is -2.27. The van der Waals surface area contributed by atoms with Crippen LogP contribution in [0.4, 0.5) is 4.39 Å². The number of hydrogen-bond donors (Lipinski definition) is 1. The molecule has 5 heteroatoms. The maximum atomic E-state index is 13.1. The minimum Gasteiger partial charge on any atom is -0.711 e. The van der Waals surface area contributed by atoms with E-state index in [2.05, 4.69) is 4.98 Å². The summed E-state index contributed by atoms with van der Waals surface area (Å²) in [5.41, 5.74) is 0.178. The first-order valence-corrected chi connectivity index (χ1v) is 3.62. The van der Waals surface area contributed by atoms with Crippen LogP contribution in [0.3, 0.4) is 0 Å². The summed E-state index contributed by atoms with van der Waals surface area (Å²) >= 11 is 5.44. The summed E-state index contributed by atoms with van der Waals surface area (Å²) in [4.78, 5) is 2.61. The van der Waals surface area contributed by atoms with Crippen LogP contribution in [0.25, 0.3) is 11.0 Å². The second-order valence-electron chi connectivity index (χ2n) is 2.36. The van der Waals surface area contributed by atoms with Gasteiger partial charge in [0, 0.05) is 0 Å². The molecular weight excluding hydrogens is 183 g/mol. The molecule has 0 saturated heterocycles. The Morgan fingerprint density at radius 2 is 2.33 bits per heavy atom. The molecule has 0 aliphatic rings. The molecule has 2 aromatic rings. The van der Waals surface area contributed by atoms with Gasteiger partial charge in [-0.3, -0.25) is 0 Å². The van der Waals surface area contributed by atoms with Crippen LogP contribution in [-0.2, 0) is 0 Å². The summed E-state index contributed by atoms with van der Waals surface area (Å²) in [5.74, 6) is -0.569. The summed E-state index contributed by atoms with van der Waals surface area (Å²) in [5, 5.41) is 11.1. The number of aromatic amines is 1. The number of nitrogens with one attached hydrogen (secondary N) is 1. The molecule has 0 fully saturated rings. The predicted octanol–water partition coefficient (Wildman–Crippen LogP) is 1.59. The summed E-state index contributed by atoms with van der Waals surface area (Å²) in [6, 6.07) is 1.46. The summed E-state index contributed by atoms with van der Waals surface area (Å²) in [6.45, 7) is 0. The molecule has 0 aliphatic carbocycles. The highest BCUT2D eigenvalue weighted by molar-refractivity contribution is 6.31. The maximum absolute atomic E-state index is 13.1. The lowest BCUT2D eigenvalue weighted by Gasteiger charge is -2.03. The zero-order chi connectivity index (χ0) is 8.72. The van der Waals surface area contributed by atoms with Crippen LogP contribution in [0.5, 0.6) is 0 Å². The Kier molecular flexibility index (Phi) is 1.44. The molecule has 2 rings (SSSR count). The van der Waals surface area contributed by atoms with E-state index in [-0.39, 0.29) is 16.1 Å². The van der Waals surface area contributed by atoms with Crippen LogP contribution in [0, 0.1) is 11.0 Å². The van der Waals surface area contributed by atoms with Gasteiger partial charge in [0.05, 0.1) is 6.20 Å². The molecule has 0 bridgehead atoms. The van der Waals surface area contributed by atoms with Crippen molar-refractivity contribution >= 4 is 22.6 Å². The highest BCUT2D eigenvalue weighted by atomic mass is 35.5. The Bertz CT molecular complexity index is 440. The lowest BCUT2D eigenvalue weighted by atomic mass is 10.3. The zero-order valence-corrected chi connectivity index (χ0v) is 6.60. The highest BCUT2D eigenvalue weighted by Crippen LogP contribution is 2.19. The zero-order valence-electron chi connectivity index (χ0n) is 5.84. The van der Waals surface area contributed by atoms with Crippen LogP contribution in [0.2, 0.25) is 5.02 Å². The first-order chi connectivity index (χ1) is 5.70. The van der Waals surface area contributed by atoms with Gasteiger partial charge < -0.3 is 5.21 Å². The van der Waals surface area contributed by atoms with Crippen LogP contribution in [0.1, 0.15) is 0 Å². The lowest BCUT2D eigenvalue weighted by molar-refractivity contribution is -0.579. The van der Waals surface area contributed by atoms with Crippen LogP contribution in [-0.4, -0.2) is 4.98 Å². The maximum Gasteiger partial charge on any atom is 0.292 e. The van der Waals surface area contributed by atoms with Gasteiger partial charge in [0.2, 0.25) is 0 Å². The smallest absolute Gasteiger partial charge is 0.292 e. The first kappa shape index (κ1) is 7.36. The largest absolute Gasteiger partial charge is 0.711 e. The topological polar surface area (TPSA) is 42.7 Å². The van der Waals surface area contributed by atoms with Crippen molar-refractivity contribution in [1.29, 1.82) is 0 Å². The number of halogens is 2. The molecule has 0 spiro atoms. The fourth-order valence-electron chi connectivity index (χ4n) is 1.07. The van der Waals surface area contributed by atoms with Crippen molar-refractivity contribution in [3.8, 4) is 0 Å². The van der Waals surface area contributed by atoms with Crippen LogP contribution < -0.4 is 4.73 Å². The van der Waals surface area contributed by atoms with Crippen molar-refractivity contribution in [2.45, 2.75) is 0 Å². The molecule has 0 atom stereocenters. The van der Waals surface area contributed by atoms with Gasteiger partial charge in [-0.1, -0.05) is 11.6 Å². The van der Waals surface area contributed by atoms with Crippen molar-refractivity contribution in [3.63, 3.8) is 0 Å². The third-order valence-electron chi connectivity index (χ3n) is 1.62. The summed E-state index contributed by atoms with van der Waals surface area (Å²) < 4.78 is 13.6. The van der Waals surface area contributed by atoms with Gasteiger partial charge in [0.1, 0.15) is 16.6 Å². The number of pyridine rings is 1. The Labute approximate surface area is 72.0 Å². The van der Waals surface area contributed by atoms with E-state index in [1.165, 1.54) is 12.3 Å². The fraction of sp³-hybridized carbons (Fsp3) is 0. The standard InChI is InChI=1S/C7H4ClFN2O/c8-5-3-11(12)7-4(6(5)9)1-2-10-7/h1-3,10H. The fourth-order valence-corrected chi connectivity index (χ4v) is 1.26. The molecule has 3 nitrogen and oxygen atoms in total. The number of fused-ring (bicyclic) bond motifs is 1. The van der Waals surface area contributed by atoms with Gasteiger partial charge in [-0.2, -0.15) is 0 Å². The molecule has 62 valence electrons. The van der Waals surface area contributed by atoms with E-state index in [0.29, 0.717) is 4.73 Å². The number of aromatic nitrogens is 2. The van der Waals surface area contributed by atoms with Gasteiger partial charge in [-0.25, -0.2) is 14.1 Å². The monoisotopic (exact) mass is 186 g/mol. The van der Waals surface area contributed by atoms with Crippen molar-refractivity contribution in [2.24, 2.45) is 0 Å². The molecule has 0 saturated carbocycles. The van der Waals surface area contributed by atoms with Crippen molar-refractivity contribution < 1.29 is 9.12 Å². The van der Waals surface area contributed by atoms with Crippen molar-refractivity contribution in [3.05, 3.63) is 34.5 Å². The Morgan fingerprint density at radius 1 is 1.58 bits per heavy atom. The average molecular weight is 187 g/mol. The third-order valence-corrected chi connectivity index (χ3v) is 1.89. The van der Waals surface area contributed by atoms with Crippen molar-refractivity contribution in [1.82, 2.24) is 4.98 Å². The molecule has 0 aromatic carbocycles. The number of hydrogen-bond acceptors (Lipinski definition) is 1. The molecule has 0 aliphatic heterocycles. The van der Waals surface area contributed by atoms with E-state index in [4.69, 9.17) is 11.6 Å². The van der Waals surface area contributed by atoms with Gasteiger partial charge in [0.15, 0.2) is 5.82 Å². The Morgan fingerprint density at radius 3 is 3.08 bits per heavy atom. The van der Waals surface area contributed by atoms with Gasteiger partial charge in [0.25, 0.3) is 5.65 Å². The SMILES string of the molecule is [O-][n+]1cc(Cl)c(F)c2cc[nH]c21. The minimum absolute atomic E-state index is 0.169. The van der Waals surface area contributed by atoms with E-state index in [0.717, 1.165) is 6.20 Å². The second kappa shape index (κ2) is 2.35. The third kappa shape index (κ3) is 0.848. The van der Waals surface area contributed by atoms with Crippen LogP contribution >= 0.6 is 11.6 Å². The normalized spacial score (nSPS) is 10.8. The van der Waals surface area contributed by atoms with E-state index in [9.17, 15) is 9.60 Å². The summed E-state index contributed by atoms with van der Waals surface area (Å²) in [7, 11) is 0.